The van der Waals surface area contributed by atoms with Crippen LogP contribution in [0.4, 0.5) is 5.69 Å². The van der Waals surface area contributed by atoms with Gasteiger partial charge in [0, 0.05) is 4.47 Å². The van der Waals surface area contributed by atoms with Gasteiger partial charge in [0.15, 0.2) is 0 Å². The second-order valence-electron chi connectivity index (χ2n) is 5.24. The van der Waals surface area contributed by atoms with Crippen LogP contribution in [0.15, 0.2) is 46.3 Å². The first kappa shape index (κ1) is 16.8. The fraction of sp³-hybridized carbons (Fsp3) is 0.176. The predicted octanol–water partition coefficient (Wildman–Crippen LogP) is 4.79. The number of hydrogen-bond acceptors (Lipinski definition) is 2. The third-order valence-corrected chi connectivity index (χ3v) is 4.97. The van der Waals surface area contributed by atoms with Gasteiger partial charge < -0.3 is 0 Å². The highest BCUT2D eigenvalue weighted by Gasteiger charge is 2.09. The van der Waals surface area contributed by atoms with Gasteiger partial charge in [0.1, 0.15) is 0 Å². The topological polar surface area (TPSA) is 46.2 Å². The highest BCUT2D eigenvalue weighted by molar-refractivity contribution is 9.10. The van der Waals surface area contributed by atoms with Crippen molar-refractivity contribution in [3.63, 3.8) is 0 Å². The molecule has 0 aliphatic rings. The molecule has 0 unspecified atom stereocenters. The van der Waals surface area contributed by atoms with Crippen molar-refractivity contribution >= 4 is 37.7 Å². The molecule has 0 heterocycles. The summed E-state index contributed by atoms with van der Waals surface area (Å²) in [4.78, 5) is 0. The molecule has 0 aliphatic carbocycles. The number of hydrogen-bond donors (Lipinski definition) is 1. The number of rotatable bonds is 4. The van der Waals surface area contributed by atoms with E-state index < -0.39 is 10.0 Å². The van der Waals surface area contributed by atoms with Gasteiger partial charge in [-0.25, -0.2) is 8.42 Å². The molecule has 0 aliphatic heterocycles. The van der Waals surface area contributed by atoms with Crippen molar-refractivity contribution < 1.29 is 8.42 Å². The molecule has 0 atom stereocenters. The van der Waals surface area contributed by atoms with Gasteiger partial charge in [0.25, 0.3) is 10.0 Å². The van der Waals surface area contributed by atoms with Gasteiger partial charge in [-0.1, -0.05) is 29.8 Å². The van der Waals surface area contributed by atoms with Crippen molar-refractivity contribution in [2.75, 3.05) is 4.72 Å². The summed E-state index contributed by atoms with van der Waals surface area (Å²) in [5.41, 5.74) is 4.74. The maximum absolute atomic E-state index is 12.2. The molecule has 0 saturated carbocycles. The van der Waals surface area contributed by atoms with Crippen LogP contribution in [0.5, 0.6) is 0 Å². The maximum atomic E-state index is 12.2. The second-order valence-corrected chi connectivity index (χ2v) is 7.66. The Hall–Kier alpha value is -1.59. The van der Waals surface area contributed by atoms with E-state index in [1.807, 2.05) is 39.0 Å². The molecule has 1 N–H and O–H groups in total. The van der Waals surface area contributed by atoms with Crippen LogP contribution in [0, 0.1) is 20.8 Å². The van der Waals surface area contributed by atoms with Crippen molar-refractivity contribution in [2.45, 2.75) is 20.8 Å². The largest absolute Gasteiger partial charge is 0.279 e. The predicted molar refractivity (Wildman–Crippen MR) is 96.4 cm³/mol. The number of nitrogens with one attached hydrogen (secondary N) is 1. The lowest BCUT2D eigenvalue weighted by Crippen LogP contribution is -2.09. The Morgan fingerprint density at radius 2 is 1.64 bits per heavy atom. The highest BCUT2D eigenvalue weighted by Crippen LogP contribution is 2.23. The van der Waals surface area contributed by atoms with E-state index in [0.29, 0.717) is 10.2 Å². The Kier molecular flexibility index (Phi) is 5.08. The quantitative estimate of drug-likeness (QED) is 0.829. The molecule has 2 rings (SSSR count). The minimum Gasteiger partial charge on any atom is -0.279 e. The van der Waals surface area contributed by atoms with Crippen LogP contribution in [0.3, 0.4) is 0 Å². The minimum absolute atomic E-state index is 0.518. The molecule has 0 bridgehead atoms. The summed E-state index contributed by atoms with van der Waals surface area (Å²) in [6, 6.07) is 11.2. The number of anilines is 1. The average Bonchev–Trinajstić information content (AvgIpc) is 2.40. The highest BCUT2D eigenvalue weighted by atomic mass is 79.9. The standard InChI is InChI=1S/C17H18BrNO2S/c1-12-10-13(2)15(14(3)11-12)8-9-22(20,21)19-17-7-5-4-6-16(17)18/h4-11,19H,1-3H3/b9-8+. The van der Waals surface area contributed by atoms with Gasteiger partial charge in [0.2, 0.25) is 0 Å². The Balaban J connectivity index is 2.28. The minimum atomic E-state index is -3.56. The normalized spacial score (nSPS) is 11.8. The van der Waals surface area contributed by atoms with Crippen molar-refractivity contribution in [1.29, 1.82) is 0 Å². The Labute approximate surface area is 140 Å². The number of halogens is 1. The summed E-state index contributed by atoms with van der Waals surface area (Å²) in [5.74, 6) is 0. The monoisotopic (exact) mass is 379 g/mol. The molecule has 0 spiro atoms. The van der Waals surface area contributed by atoms with Gasteiger partial charge in [-0.15, -0.1) is 0 Å². The van der Waals surface area contributed by atoms with Gasteiger partial charge >= 0.3 is 0 Å². The number of sulfonamides is 1. The van der Waals surface area contributed by atoms with E-state index >= 15 is 0 Å². The van der Waals surface area contributed by atoms with Crippen molar-refractivity contribution in [1.82, 2.24) is 0 Å². The fourth-order valence-corrected chi connectivity index (χ4v) is 3.73. The summed E-state index contributed by atoms with van der Waals surface area (Å²) in [7, 11) is -3.56. The Bertz CT molecular complexity index is 803. The molecule has 0 fully saturated rings. The van der Waals surface area contributed by atoms with E-state index in [1.165, 1.54) is 11.0 Å². The average molecular weight is 380 g/mol. The van der Waals surface area contributed by atoms with Crippen LogP contribution in [-0.2, 0) is 10.0 Å². The number of para-hydroxylation sites is 1. The molecule has 0 radical (unpaired) electrons. The Morgan fingerprint density at radius 1 is 1.05 bits per heavy atom. The SMILES string of the molecule is Cc1cc(C)c(/C=C/S(=O)(=O)Nc2ccccc2Br)c(C)c1. The van der Waals surface area contributed by atoms with Crippen LogP contribution in [0.2, 0.25) is 0 Å². The number of aryl methyl sites for hydroxylation is 3. The van der Waals surface area contributed by atoms with Crippen LogP contribution in [0.1, 0.15) is 22.3 Å². The van der Waals surface area contributed by atoms with E-state index in [1.54, 1.807) is 24.3 Å². The molecule has 5 heteroatoms. The van der Waals surface area contributed by atoms with Crippen LogP contribution >= 0.6 is 15.9 Å². The first-order valence-electron chi connectivity index (χ1n) is 6.82. The molecule has 0 amide bonds. The summed E-state index contributed by atoms with van der Waals surface area (Å²) in [6.45, 7) is 5.99. The molecular weight excluding hydrogens is 362 g/mol. The molecular formula is C17H18BrNO2S. The van der Waals surface area contributed by atoms with E-state index in [2.05, 4.69) is 20.7 Å². The summed E-state index contributed by atoms with van der Waals surface area (Å²) in [5, 5.41) is 1.21. The van der Waals surface area contributed by atoms with Crippen LogP contribution in [0.25, 0.3) is 6.08 Å². The summed E-state index contributed by atoms with van der Waals surface area (Å²) < 4.78 is 27.6. The third kappa shape index (κ3) is 4.21. The van der Waals surface area contributed by atoms with Gasteiger partial charge in [-0.05, 0) is 71.6 Å². The smallest absolute Gasteiger partial charge is 0.255 e. The molecule has 0 saturated heterocycles. The molecule has 3 nitrogen and oxygen atoms in total. The van der Waals surface area contributed by atoms with Crippen molar-refractivity contribution in [3.8, 4) is 0 Å². The first-order chi connectivity index (χ1) is 10.3. The second kappa shape index (κ2) is 6.67. The lowest BCUT2D eigenvalue weighted by molar-refractivity contribution is 0.609. The molecule has 116 valence electrons. The Morgan fingerprint density at radius 3 is 2.23 bits per heavy atom. The van der Waals surface area contributed by atoms with E-state index in [4.69, 9.17) is 0 Å². The van der Waals surface area contributed by atoms with E-state index in [0.717, 1.165) is 16.7 Å². The molecule has 22 heavy (non-hydrogen) atoms. The zero-order valence-corrected chi connectivity index (χ0v) is 15.1. The fourth-order valence-electron chi connectivity index (χ4n) is 2.34. The zero-order chi connectivity index (χ0) is 16.3. The molecule has 2 aromatic carbocycles. The maximum Gasteiger partial charge on any atom is 0.255 e. The van der Waals surface area contributed by atoms with E-state index in [9.17, 15) is 8.42 Å². The third-order valence-electron chi connectivity index (χ3n) is 3.28. The first-order valence-corrected chi connectivity index (χ1v) is 9.16. The van der Waals surface area contributed by atoms with Gasteiger partial charge in [0.05, 0.1) is 11.1 Å². The summed E-state index contributed by atoms with van der Waals surface area (Å²) >= 11 is 3.33. The van der Waals surface area contributed by atoms with Gasteiger partial charge in [-0.2, -0.15) is 0 Å². The summed E-state index contributed by atoms with van der Waals surface area (Å²) in [6.07, 6.45) is 1.64. The van der Waals surface area contributed by atoms with Crippen molar-refractivity contribution in [2.24, 2.45) is 0 Å². The van der Waals surface area contributed by atoms with Crippen LogP contribution < -0.4 is 4.72 Å². The van der Waals surface area contributed by atoms with Crippen molar-refractivity contribution in [3.05, 3.63) is 68.5 Å². The van der Waals surface area contributed by atoms with Gasteiger partial charge in [-0.3, -0.25) is 4.72 Å². The zero-order valence-electron chi connectivity index (χ0n) is 12.7. The van der Waals surface area contributed by atoms with E-state index in [-0.39, 0.29) is 0 Å². The van der Waals surface area contributed by atoms with Crippen LogP contribution in [-0.4, -0.2) is 8.42 Å². The lowest BCUT2D eigenvalue weighted by atomic mass is 10.0. The lowest BCUT2D eigenvalue weighted by Gasteiger charge is -2.08. The number of benzene rings is 2. The molecule has 0 aromatic heterocycles. The molecule has 2 aromatic rings.